The van der Waals surface area contributed by atoms with E-state index in [9.17, 15) is 14.7 Å². The Morgan fingerprint density at radius 3 is 1.92 bits per heavy atom. The Kier molecular flexibility index (Phi) is 4.48. The van der Waals surface area contributed by atoms with Crippen LogP contribution in [-0.4, -0.2) is 22.2 Å². The first-order valence-electron chi connectivity index (χ1n) is 7.48. The zero-order valence-electron chi connectivity index (χ0n) is 13.0. The summed E-state index contributed by atoms with van der Waals surface area (Å²) in [5.41, 5.74) is 2.03. The van der Waals surface area contributed by atoms with Gasteiger partial charge >= 0.3 is 11.9 Å². The fraction of sp³-hybridized carbons (Fsp3) is 0. The van der Waals surface area contributed by atoms with E-state index in [1.165, 1.54) is 24.3 Å². The number of hydrogen-bond donors (Lipinski definition) is 2. The number of esters is 1. The first-order chi connectivity index (χ1) is 12.0. The molecule has 5 nitrogen and oxygen atoms in total. The van der Waals surface area contributed by atoms with Gasteiger partial charge < -0.3 is 14.9 Å². The highest BCUT2D eigenvalue weighted by Crippen LogP contribution is 2.24. The molecule has 124 valence electrons. The summed E-state index contributed by atoms with van der Waals surface area (Å²) in [5, 5.41) is 18.3. The Morgan fingerprint density at radius 1 is 0.760 bits per heavy atom. The third kappa shape index (κ3) is 3.84. The van der Waals surface area contributed by atoms with E-state index in [-0.39, 0.29) is 16.9 Å². The molecule has 0 saturated carbocycles. The molecule has 0 aliphatic rings. The summed E-state index contributed by atoms with van der Waals surface area (Å²) in [6.07, 6.45) is 0. The summed E-state index contributed by atoms with van der Waals surface area (Å²) in [5.74, 6) is -1.18. The Morgan fingerprint density at radius 2 is 1.32 bits per heavy atom. The van der Waals surface area contributed by atoms with Crippen LogP contribution < -0.4 is 4.74 Å². The number of phenolic OH excluding ortho intramolecular Hbond substituents is 1. The molecule has 0 radical (unpaired) electrons. The Labute approximate surface area is 143 Å². The van der Waals surface area contributed by atoms with Crippen molar-refractivity contribution in [2.45, 2.75) is 0 Å². The van der Waals surface area contributed by atoms with Crippen molar-refractivity contribution in [3.63, 3.8) is 0 Å². The molecule has 0 aliphatic carbocycles. The van der Waals surface area contributed by atoms with Crippen molar-refractivity contribution >= 4 is 11.9 Å². The van der Waals surface area contributed by atoms with Crippen LogP contribution in [0.5, 0.6) is 11.5 Å². The van der Waals surface area contributed by atoms with E-state index < -0.39 is 11.9 Å². The highest BCUT2D eigenvalue weighted by Gasteiger charge is 2.11. The number of carbonyl (C=O) groups is 2. The lowest BCUT2D eigenvalue weighted by molar-refractivity contribution is 0.0697. The van der Waals surface area contributed by atoms with E-state index >= 15 is 0 Å². The Bertz CT molecular complexity index is 912. The van der Waals surface area contributed by atoms with Gasteiger partial charge in [-0.25, -0.2) is 9.59 Å². The number of carboxylic acid groups (broad SMARTS) is 1. The maximum Gasteiger partial charge on any atom is 0.343 e. The lowest BCUT2D eigenvalue weighted by atomic mass is 10.1. The standard InChI is InChI=1S/C20H14O5/c21-17-8-4-13(5-9-17)14-6-10-18(11-7-14)25-20(24)16-3-1-2-15(12-16)19(22)23/h1-12,21H,(H,22,23). The molecule has 0 spiro atoms. The molecule has 0 heterocycles. The predicted octanol–water partition coefficient (Wildman–Crippen LogP) is 3.98. The number of aromatic carboxylic acids is 1. The van der Waals surface area contributed by atoms with Crippen molar-refractivity contribution in [1.82, 2.24) is 0 Å². The Balaban J connectivity index is 1.75. The molecule has 5 heteroatoms. The number of carbonyl (C=O) groups excluding carboxylic acids is 1. The first kappa shape index (κ1) is 16.3. The van der Waals surface area contributed by atoms with Gasteiger partial charge in [0.1, 0.15) is 11.5 Å². The van der Waals surface area contributed by atoms with Crippen molar-refractivity contribution in [3.05, 3.63) is 83.9 Å². The average Bonchev–Trinajstić information content (AvgIpc) is 2.63. The third-order valence-corrected chi connectivity index (χ3v) is 3.61. The molecule has 0 bridgehead atoms. The molecule has 3 aromatic rings. The van der Waals surface area contributed by atoms with Crippen LogP contribution in [-0.2, 0) is 0 Å². The summed E-state index contributed by atoms with van der Waals surface area (Å²) < 4.78 is 5.27. The summed E-state index contributed by atoms with van der Waals surface area (Å²) in [7, 11) is 0. The largest absolute Gasteiger partial charge is 0.508 e. The zero-order valence-corrected chi connectivity index (χ0v) is 13.0. The smallest absolute Gasteiger partial charge is 0.343 e. The van der Waals surface area contributed by atoms with Gasteiger partial charge in [-0.15, -0.1) is 0 Å². The van der Waals surface area contributed by atoms with Crippen molar-refractivity contribution in [2.75, 3.05) is 0 Å². The minimum absolute atomic E-state index is 0.0251. The van der Waals surface area contributed by atoms with E-state index in [4.69, 9.17) is 9.84 Å². The molecule has 0 unspecified atom stereocenters. The second-order valence-electron chi connectivity index (χ2n) is 5.35. The fourth-order valence-electron chi connectivity index (χ4n) is 2.31. The van der Waals surface area contributed by atoms with Crippen LogP contribution in [0.4, 0.5) is 0 Å². The minimum Gasteiger partial charge on any atom is -0.508 e. The van der Waals surface area contributed by atoms with E-state index in [1.54, 1.807) is 48.5 Å². The quantitative estimate of drug-likeness (QED) is 0.557. The predicted molar refractivity (Wildman–Crippen MR) is 91.9 cm³/mol. The van der Waals surface area contributed by atoms with Crippen LogP contribution >= 0.6 is 0 Å². The molecular formula is C20H14O5. The van der Waals surface area contributed by atoms with Gasteiger partial charge in [-0.05, 0) is 53.6 Å². The van der Waals surface area contributed by atoms with Gasteiger partial charge in [-0.3, -0.25) is 0 Å². The van der Waals surface area contributed by atoms with Gasteiger partial charge in [0.15, 0.2) is 0 Å². The molecule has 0 amide bonds. The highest BCUT2D eigenvalue weighted by atomic mass is 16.5. The third-order valence-electron chi connectivity index (χ3n) is 3.61. The molecule has 0 atom stereocenters. The molecule has 3 aromatic carbocycles. The number of phenols is 1. The fourth-order valence-corrected chi connectivity index (χ4v) is 2.31. The van der Waals surface area contributed by atoms with Crippen LogP contribution in [0, 0.1) is 0 Å². The highest BCUT2D eigenvalue weighted by molar-refractivity contribution is 5.95. The summed E-state index contributed by atoms with van der Waals surface area (Å²) in [6, 6.07) is 19.3. The first-order valence-corrected chi connectivity index (χ1v) is 7.48. The van der Waals surface area contributed by atoms with Crippen LogP contribution in [0.3, 0.4) is 0 Å². The number of rotatable bonds is 4. The van der Waals surface area contributed by atoms with Gasteiger partial charge in [0.05, 0.1) is 11.1 Å². The SMILES string of the molecule is O=C(O)c1cccc(C(=O)Oc2ccc(-c3ccc(O)cc3)cc2)c1. The molecule has 0 aromatic heterocycles. The van der Waals surface area contributed by atoms with E-state index in [0.29, 0.717) is 5.75 Å². The van der Waals surface area contributed by atoms with Gasteiger partial charge in [-0.2, -0.15) is 0 Å². The van der Waals surface area contributed by atoms with E-state index in [0.717, 1.165) is 11.1 Å². The second-order valence-corrected chi connectivity index (χ2v) is 5.35. The zero-order chi connectivity index (χ0) is 17.8. The maximum absolute atomic E-state index is 12.1. The van der Waals surface area contributed by atoms with Gasteiger partial charge in [0.2, 0.25) is 0 Å². The number of hydrogen-bond acceptors (Lipinski definition) is 4. The second kappa shape index (κ2) is 6.88. The van der Waals surface area contributed by atoms with Crippen LogP contribution in [0.2, 0.25) is 0 Å². The monoisotopic (exact) mass is 334 g/mol. The van der Waals surface area contributed by atoms with Crippen molar-refractivity contribution in [1.29, 1.82) is 0 Å². The van der Waals surface area contributed by atoms with Gasteiger partial charge in [-0.1, -0.05) is 30.3 Å². The molecule has 25 heavy (non-hydrogen) atoms. The topological polar surface area (TPSA) is 83.8 Å². The van der Waals surface area contributed by atoms with Crippen molar-refractivity contribution in [3.8, 4) is 22.6 Å². The molecule has 0 fully saturated rings. The lowest BCUT2D eigenvalue weighted by Crippen LogP contribution is -2.09. The summed E-state index contributed by atoms with van der Waals surface area (Å²) >= 11 is 0. The van der Waals surface area contributed by atoms with E-state index in [1.807, 2.05) is 0 Å². The lowest BCUT2D eigenvalue weighted by Gasteiger charge is -2.07. The van der Waals surface area contributed by atoms with Crippen molar-refractivity contribution in [2.24, 2.45) is 0 Å². The number of ether oxygens (including phenoxy) is 1. The van der Waals surface area contributed by atoms with Crippen LogP contribution in [0.1, 0.15) is 20.7 Å². The number of carboxylic acids is 1. The molecule has 0 aliphatic heterocycles. The van der Waals surface area contributed by atoms with Crippen LogP contribution in [0.25, 0.3) is 11.1 Å². The molecular weight excluding hydrogens is 320 g/mol. The normalized spacial score (nSPS) is 10.2. The summed E-state index contributed by atoms with van der Waals surface area (Å²) in [4.78, 5) is 23.1. The molecule has 3 rings (SSSR count). The van der Waals surface area contributed by atoms with E-state index in [2.05, 4.69) is 0 Å². The maximum atomic E-state index is 12.1. The van der Waals surface area contributed by atoms with Gasteiger partial charge in [0.25, 0.3) is 0 Å². The molecule has 2 N–H and O–H groups in total. The Hall–Kier alpha value is -3.60. The minimum atomic E-state index is -1.10. The number of aromatic hydroxyl groups is 1. The van der Waals surface area contributed by atoms with Crippen molar-refractivity contribution < 1.29 is 24.5 Å². The molecule has 0 saturated heterocycles. The average molecular weight is 334 g/mol. The number of benzene rings is 3. The van der Waals surface area contributed by atoms with Gasteiger partial charge in [0, 0.05) is 0 Å². The van der Waals surface area contributed by atoms with Crippen LogP contribution in [0.15, 0.2) is 72.8 Å². The summed E-state index contributed by atoms with van der Waals surface area (Å²) in [6.45, 7) is 0.